The Morgan fingerprint density at radius 3 is 2.87 bits per heavy atom. The molecule has 82 valence electrons. The third-order valence-corrected chi connectivity index (χ3v) is 3.43. The number of aryl methyl sites for hydroxylation is 1. The molecular formula is C11H16ClN3. The van der Waals surface area contributed by atoms with Crippen LogP contribution in [-0.2, 0) is 0 Å². The van der Waals surface area contributed by atoms with Gasteiger partial charge in [0.1, 0.15) is 0 Å². The number of nitrogens with zero attached hydrogens (tertiary/aromatic N) is 3. The molecule has 2 heterocycles. The van der Waals surface area contributed by atoms with Crippen molar-refractivity contribution in [3.05, 3.63) is 17.8 Å². The Morgan fingerprint density at radius 1 is 1.47 bits per heavy atom. The predicted molar refractivity (Wildman–Crippen MR) is 62.4 cm³/mol. The number of halogens is 1. The first-order valence-corrected chi connectivity index (χ1v) is 5.88. The lowest BCUT2D eigenvalue weighted by molar-refractivity contribution is 0.548. The van der Waals surface area contributed by atoms with Crippen LogP contribution in [0.1, 0.15) is 19.0 Å². The highest BCUT2D eigenvalue weighted by Crippen LogP contribution is 2.28. The van der Waals surface area contributed by atoms with Crippen LogP contribution in [0.5, 0.6) is 0 Å². The molecule has 4 heteroatoms. The van der Waals surface area contributed by atoms with Crippen LogP contribution >= 0.6 is 11.6 Å². The van der Waals surface area contributed by atoms with E-state index in [4.69, 9.17) is 11.6 Å². The molecule has 1 saturated heterocycles. The summed E-state index contributed by atoms with van der Waals surface area (Å²) in [5.41, 5.74) is 0.952. The summed E-state index contributed by atoms with van der Waals surface area (Å²) in [6, 6.07) is 4.43. The molecule has 0 aromatic carbocycles. The maximum Gasteiger partial charge on any atom is 0.151 e. The van der Waals surface area contributed by atoms with Crippen LogP contribution in [0.4, 0.5) is 5.82 Å². The summed E-state index contributed by atoms with van der Waals surface area (Å²) in [6.45, 7) is 5.23. The van der Waals surface area contributed by atoms with E-state index in [9.17, 15) is 0 Å². The minimum absolute atomic E-state index is 0.406. The normalized spacial score (nSPS) is 25.9. The summed E-state index contributed by atoms with van der Waals surface area (Å²) in [4.78, 5) is 2.27. The molecule has 0 saturated carbocycles. The van der Waals surface area contributed by atoms with Crippen molar-refractivity contribution in [2.24, 2.45) is 5.92 Å². The first-order valence-electron chi connectivity index (χ1n) is 5.35. The largest absolute Gasteiger partial charge is 0.351 e. The third kappa shape index (κ3) is 2.07. The van der Waals surface area contributed by atoms with Gasteiger partial charge in [-0.1, -0.05) is 6.92 Å². The molecule has 0 radical (unpaired) electrons. The summed E-state index contributed by atoms with van der Waals surface area (Å²) >= 11 is 5.99. The highest BCUT2D eigenvalue weighted by Gasteiger charge is 2.31. The molecule has 0 N–H and O–H groups in total. The number of rotatable bonds is 2. The Hall–Kier alpha value is -0.830. The third-order valence-electron chi connectivity index (χ3n) is 3.12. The average molecular weight is 226 g/mol. The van der Waals surface area contributed by atoms with Crippen molar-refractivity contribution in [3.63, 3.8) is 0 Å². The second kappa shape index (κ2) is 4.35. The SMILES string of the molecule is Cc1ccc(N2CCC(C)C2CCl)nn1. The lowest BCUT2D eigenvalue weighted by Crippen LogP contribution is -2.34. The molecule has 3 nitrogen and oxygen atoms in total. The molecule has 1 aliphatic heterocycles. The van der Waals surface area contributed by atoms with Gasteiger partial charge in [-0.2, -0.15) is 5.10 Å². The molecule has 1 aliphatic rings. The fraction of sp³-hybridized carbons (Fsp3) is 0.636. The fourth-order valence-corrected chi connectivity index (χ4v) is 2.54. The molecule has 0 bridgehead atoms. The van der Waals surface area contributed by atoms with Crippen molar-refractivity contribution < 1.29 is 0 Å². The van der Waals surface area contributed by atoms with Crippen LogP contribution in [0.3, 0.4) is 0 Å². The Morgan fingerprint density at radius 2 is 2.27 bits per heavy atom. The number of alkyl halides is 1. The summed E-state index contributed by atoms with van der Waals surface area (Å²) in [7, 11) is 0. The van der Waals surface area contributed by atoms with E-state index in [1.807, 2.05) is 19.1 Å². The Bertz CT molecular complexity index is 325. The zero-order chi connectivity index (χ0) is 10.8. The zero-order valence-corrected chi connectivity index (χ0v) is 9.91. The number of aromatic nitrogens is 2. The molecule has 1 aromatic rings. The van der Waals surface area contributed by atoms with Gasteiger partial charge in [-0.15, -0.1) is 16.7 Å². The predicted octanol–water partition coefficient (Wildman–Crippen LogP) is 2.24. The Kier molecular flexibility index (Phi) is 3.10. The number of hydrogen-bond acceptors (Lipinski definition) is 3. The van der Waals surface area contributed by atoms with Crippen LogP contribution in [-0.4, -0.2) is 28.7 Å². The maximum absolute atomic E-state index is 5.99. The van der Waals surface area contributed by atoms with E-state index < -0.39 is 0 Å². The lowest BCUT2D eigenvalue weighted by Gasteiger charge is -2.25. The van der Waals surface area contributed by atoms with E-state index >= 15 is 0 Å². The van der Waals surface area contributed by atoms with Gasteiger partial charge in [-0.05, 0) is 31.4 Å². The van der Waals surface area contributed by atoms with E-state index in [1.165, 1.54) is 6.42 Å². The van der Waals surface area contributed by atoms with Gasteiger partial charge in [0.25, 0.3) is 0 Å². The second-order valence-electron chi connectivity index (χ2n) is 4.21. The molecule has 1 aromatic heterocycles. The first kappa shape index (κ1) is 10.7. The Labute approximate surface area is 95.5 Å². The van der Waals surface area contributed by atoms with Crippen molar-refractivity contribution in [2.45, 2.75) is 26.3 Å². The quantitative estimate of drug-likeness (QED) is 0.723. The average Bonchev–Trinajstić information content (AvgIpc) is 2.61. The van der Waals surface area contributed by atoms with E-state index in [0.717, 1.165) is 18.1 Å². The van der Waals surface area contributed by atoms with Gasteiger partial charge >= 0.3 is 0 Å². The number of anilines is 1. The van der Waals surface area contributed by atoms with Crippen molar-refractivity contribution in [1.29, 1.82) is 0 Å². The van der Waals surface area contributed by atoms with Gasteiger partial charge in [0.05, 0.1) is 5.69 Å². The monoisotopic (exact) mass is 225 g/mol. The fourth-order valence-electron chi connectivity index (χ4n) is 2.07. The molecule has 0 spiro atoms. The van der Waals surface area contributed by atoms with Gasteiger partial charge in [-0.25, -0.2) is 0 Å². The molecule has 2 atom stereocenters. The van der Waals surface area contributed by atoms with E-state index in [2.05, 4.69) is 22.0 Å². The Balaban J connectivity index is 2.20. The standard InChI is InChI=1S/C11H16ClN3/c1-8-5-6-15(10(8)7-12)11-4-3-9(2)13-14-11/h3-4,8,10H,5-7H2,1-2H3. The van der Waals surface area contributed by atoms with Crippen molar-refractivity contribution in [2.75, 3.05) is 17.3 Å². The van der Waals surface area contributed by atoms with Gasteiger partial charge < -0.3 is 4.90 Å². The van der Waals surface area contributed by atoms with E-state index in [1.54, 1.807) is 0 Å². The van der Waals surface area contributed by atoms with Crippen LogP contribution in [0.15, 0.2) is 12.1 Å². The van der Waals surface area contributed by atoms with Crippen LogP contribution in [0, 0.1) is 12.8 Å². The highest BCUT2D eigenvalue weighted by molar-refractivity contribution is 6.18. The minimum Gasteiger partial charge on any atom is -0.351 e. The summed E-state index contributed by atoms with van der Waals surface area (Å²) < 4.78 is 0. The topological polar surface area (TPSA) is 29.0 Å². The first-order chi connectivity index (χ1) is 7.22. The molecule has 0 aliphatic carbocycles. The number of hydrogen-bond donors (Lipinski definition) is 0. The molecule has 1 fully saturated rings. The van der Waals surface area contributed by atoms with E-state index in [0.29, 0.717) is 17.8 Å². The van der Waals surface area contributed by atoms with Crippen LogP contribution in [0.2, 0.25) is 0 Å². The lowest BCUT2D eigenvalue weighted by atomic mass is 10.1. The molecule has 2 unspecified atom stereocenters. The zero-order valence-electron chi connectivity index (χ0n) is 9.15. The molecule has 2 rings (SSSR count). The second-order valence-corrected chi connectivity index (χ2v) is 4.52. The highest BCUT2D eigenvalue weighted by atomic mass is 35.5. The summed E-state index contributed by atoms with van der Waals surface area (Å²) in [5, 5.41) is 8.29. The van der Waals surface area contributed by atoms with Crippen LogP contribution in [0.25, 0.3) is 0 Å². The summed E-state index contributed by atoms with van der Waals surface area (Å²) in [5.74, 6) is 2.26. The molecular weight excluding hydrogens is 210 g/mol. The van der Waals surface area contributed by atoms with Gasteiger partial charge in [0.2, 0.25) is 0 Å². The maximum atomic E-state index is 5.99. The minimum atomic E-state index is 0.406. The van der Waals surface area contributed by atoms with Crippen molar-refractivity contribution in [1.82, 2.24) is 10.2 Å². The molecule has 0 amide bonds. The van der Waals surface area contributed by atoms with Gasteiger partial charge in [0.15, 0.2) is 5.82 Å². The van der Waals surface area contributed by atoms with Crippen LogP contribution < -0.4 is 4.90 Å². The van der Waals surface area contributed by atoms with Crippen molar-refractivity contribution in [3.8, 4) is 0 Å². The van der Waals surface area contributed by atoms with Crippen molar-refractivity contribution >= 4 is 17.4 Å². The molecule has 15 heavy (non-hydrogen) atoms. The van der Waals surface area contributed by atoms with Gasteiger partial charge in [-0.3, -0.25) is 0 Å². The summed E-state index contributed by atoms with van der Waals surface area (Å²) in [6.07, 6.45) is 1.19. The smallest absolute Gasteiger partial charge is 0.151 e. The van der Waals surface area contributed by atoms with Gasteiger partial charge in [0, 0.05) is 18.5 Å². The van der Waals surface area contributed by atoms with E-state index in [-0.39, 0.29) is 0 Å².